The van der Waals surface area contributed by atoms with Gasteiger partial charge < -0.3 is 15.0 Å². The molecule has 1 aromatic rings. The van der Waals surface area contributed by atoms with Crippen LogP contribution in [0.15, 0.2) is 6.07 Å². The second-order valence-corrected chi connectivity index (χ2v) is 4.80. The fourth-order valence-corrected chi connectivity index (χ4v) is 2.64. The number of rotatable bonds is 5. The van der Waals surface area contributed by atoms with Crippen LogP contribution in [0.4, 0.5) is 8.78 Å². The Bertz CT molecular complexity index is 404. The molecule has 5 heteroatoms. The number of ether oxygens (including phenoxy) is 1. The van der Waals surface area contributed by atoms with E-state index in [9.17, 15) is 8.78 Å². The smallest absolute Gasteiger partial charge is 0.261 e. The molecule has 3 nitrogen and oxygen atoms in total. The number of nitrogens with two attached hydrogens (primary N) is 1. The van der Waals surface area contributed by atoms with Gasteiger partial charge in [-0.05, 0) is 37.8 Å². The summed E-state index contributed by atoms with van der Waals surface area (Å²) in [5.41, 5.74) is 9.69. The Balaban J connectivity index is 2.00. The van der Waals surface area contributed by atoms with E-state index in [1.807, 2.05) is 6.92 Å². The topological polar surface area (TPSA) is 40.2 Å². The van der Waals surface area contributed by atoms with E-state index in [2.05, 4.69) is 10.6 Å². The predicted molar refractivity (Wildman–Crippen MR) is 65.9 cm³/mol. The summed E-state index contributed by atoms with van der Waals surface area (Å²) in [4.78, 5) is 0. The van der Waals surface area contributed by atoms with E-state index >= 15 is 0 Å². The number of fused-ring (bicyclic) bond motifs is 1. The zero-order valence-electron chi connectivity index (χ0n) is 10.7. The van der Waals surface area contributed by atoms with Crippen LogP contribution < -0.4 is 5.73 Å². The summed E-state index contributed by atoms with van der Waals surface area (Å²) in [6.07, 6.45) is 0.748. The van der Waals surface area contributed by atoms with Gasteiger partial charge in [-0.15, -0.1) is 0 Å². The predicted octanol–water partition coefficient (Wildman–Crippen LogP) is 2.41. The van der Waals surface area contributed by atoms with E-state index in [1.54, 1.807) is 0 Å². The third-order valence-electron chi connectivity index (χ3n) is 3.48. The van der Waals surface area contributed by atoms with Crippen LogP contribution in [0.3, 0.4) is 0 Å². The van der Waals surface area contributed by atoms with Crippen LogP contribution in [0.25, 0.3) is 0 Å². The molecule has 0 amide bonds. The van der Waals surface area contributed by atoms with E-state index in [4.69, 9.17) is 10.5 Å². The van der Waals surface area contributed by atoms with Crippen molar-refractivity contribution in [2.24, 2.45) is 5.73 Å². The first kappa shape index (κ1) is 13.5. The summed E-state index contributed by atoms with van der Waals surface area (Å²) >= 11 is 0. The maximum Gasteiger partial charge on any atom is 0.261 e. The Kier molecular flexibility index (Phi) is 4.35. The highest BCUT2D eigenvalue weighted by Crippen LogP contribution is 2.30. The third kappa shape index (κ3) is 2.90. The van der Waals surface area contributed by atoms with E-state index in [0.29, 0.717) is 13.2 Å². The van der Waals surface area contributed by atoms with Gasteiger partial charge in [-0.3, -0.25) is 0 Å². The van der Waals surface area contributed by atoms with E-state index in [1.165, 1.54) is 11.3 Å². The number of nitrogens with zero attached hydrogens (tertiary/aromatic N) is 1. The second kappa shape index (κ2) is 5.80. The first-order valence-electron chi connectivity index (χ1n) is 6.40. The number of halogens is 2. The Morgan fingerprint density at radius 2 is 2.33 bits per heavy atom. The summed E-state index contributed by atoms with van der Waals surface area (Å²) in [7, 11) is 0. The van der Waals surface area contributed by atoms with Crippen LogP contribution in [0.2, 0.25) is 0 Å². The number of hydrogen-bond donors (Lipinski definition) is 1. The summed E-state index contributed by atoms with van der Waals surface area (Å²) in [5.74, 6) is 0. The van der Waals surface area contributed by atoms with Gasteiger partial charge in [-0.1, -0.05) is 0 Å². The summed E-state index contributed by atoms with van der Waals surface area (Å²) in [5, 5.41) is 0. The SMILES string of the molecule is Cc1cc2c(n1CCOCC(F)F)CCCC2N. The van der Waals surface area contributed by atoms with Crippen molar-refractivity contribution in [3.8, 4) is 0 Å². The number of aryl methyl sites for hydroxylation is 1. The lowest BCUT2D eigenvalue weighted by atomic mass is 9.93. The second-order valence-electron chi connectivity index (χ2n) is 4.80. The Morgan fingerprint density at radius 1 is 1.56 bits per heavy atom. The van der Waals surface area contributed by atoms with Gasteiger partial charge in [0.1, 0.15) is 6.61 Å². The maximum atomic E-state index is 12.0. The van der Waals surface area contributed by atoms with Crippen molar-refractivity contribution in [2.45, 2.75) is 45.2 Å². The third-order valence-corrected chi connectivity index (χ3v) is 3.48. The minimum Gasteiger partial charge on any atom is -0.374 e. The molecule has 1 aliphatic carbocycles. The minimum atomic E-state index is -2.39. The molecule has 18 heavy (non-hydrogen) atoms. The van der Waals surface area contributed by atoms with Gasteiger partial charge in [-0.2, -0.15) is 0 Å². The molecule has 1 aliphatic rings. The quantitative estimate of drug-likeness (QED) is 0.824. The highest BCUT2D eigenvalue weighted by molar-refractivity contribution is 5.32. The Hall–Kier alpha value is -0.940. The standard InChI is InChI=1S/C13H20F2N2O/c1-9-7-10-11(16)3-2-4-12(10)17(9)5-6-18-8-13(14)15/h7,11,13H,2-6,8,16H2,1H3. The minimum absolute atomic E-state index is 0.121. The van der Waals surface area contributed by atoms with Crippen LogP contribution in [0.5, 0.6) is 0 Å². The van der Waals surface area contributed by atoms with Gasteiger partial charge in [0.2, 0.25) is 0 Å². The first-order chi connectivity index (χ1) is 8.59. The first-order valence-corrected chi connectivity index (χ1v) is 6.40. The molecule has 1 heterocycles. The Labute approximate surface area is 106 Å². The van der Waals surface area contributed by atoms with E-state index in [-0.39, 0.29) is 6.04 Å². The van der Waals surface area contributed by atoms with Gasteiger partial charge in [0.15, 0.2) is 0 Å². The number of hydrogen-bond acceptors (Lipinski definition) is 2. The zero-order chi connectivity index (χ0) is 13.1. The largest absolute Gasteiger partial charge is 0.374 e. The van der Waals surface area contributed by atoms with E-state index in [0.717, 1.165) is 25.0 Å². The molecule has 0 aliphatic heterocycles. The van der Waals surface area contributed by atoms with Crippen LogP contribution in [-0.2, 0) is 17.7 Å². The lowest BCUT2D eigenvalue weighted by molar-refractivity contribution is 0.0145. The van der Waals surface area contributed by atoms with Crippen molar-refractivity contribution >= 4 is 0 Å². The molecule has 1 aromatic heterocycles. The zero-order valence-corrected chi connectivity index (χ0v) is 10.7. The average Bonchev–Trinajstić information content (AvgIpc) is 2.63. The molecule has 0 fully saturated rings. The van der Waals surface area contributed by atoms with Crippen LogP contribution >= 0.6 is 0 Å². The molecular weight excluding hydrogens is 238 g/mol. The highest BCUT2D eigenvalue weighted by Gasteiger charge is 2.21. The van der Waals surface area contributed by atoms with Crippen molar-refractivity contribution in [1.82, 2.24) is 4.57 Å². The summed E-state index contributed by atoms with van der Waals surface area (Å²) in [6.45, 7) is 2.49. The molecule has 0 bridgehead atoms. The molecule has 0 saturated carbocycles. The monoisotopic (exact) mass is 258 g/mol. The fraction of sp³-hybridized carbons (Fsp3) is 0.692. The summed E-state index contributed by atoms with van der Waals surface area (Å²) < 4.78 is 31.0. The molecule has 0 aromatic carbocycles. The number of aromatic nitrogens is 1. The van der Waals surface area contributed by atoms with Gasteiger partial charge in [-0.25, -0.2) is 8.78 Å². The highest BCUT2D eigenvalue weighted by atomic mass is 19.3. The van der Waals surface area contributed by atoms with Gasteiger partial charge in [0.25, 0.3) is 6.43 Å². The molecule has 1 atom stereocenters. The normalized spacial score (nSPS) is 19.3. The van der Waals surface area contributed by atoms with Gasteiger partial charge >= 0.3 is 0 Å². The molecule has 2 rings (SSSR count). The molecule has 0 saturated heterocycles. The molecule has 1 unspecified atom stereocenters. The van der Waals surface area contributed by atoms with Crippen molar-refractivity contribution in [2.75, 3.05) is 13.2 Å². The molecule has 0 spiro atoms. The lowest BCUT2D eigenvalue weighted by Gasteiger charge is -2.21. The summed E-state index contributed by atoms with van der Waals surface area (Å²) in [6, 6.07) is 2.24. The van der Waals surface area contributed by atoms with Gasteiger partial charge in [0.05, 0.1) is 6.61 Å². The fourth-order valence-electron chi connectivity index (χ4n) is 2.64. The van der Waals surface area contributed by atoms with Crippen LogP contribution in [0, 0.1) is 6.92 Å². The molecule has 2 N–H and O–H groups in total. The maximum absolute atomic E-state index is 12.0. The molecule has 0 radical (unpaired) electrons. The number of alkyl halides is 2. The molecular formula is C13H20F2N2O. The van der Waals surface area contributed by atoms with Crippen LogP contribution in [-0.4, -0.2) is 24.2 Å². The molecule has 102 valence electrons. The van der Waals surface area contributed by atoms with E-state index < -0.39 is 13.0 Å². The van der Waals surface area contributed by atoms with Gasteiger partial charge in [0, 0.05) is 24.0 Å². The van der Waals surface area contributed by atoms with Crippen molar-refractivity contribution < 1.29 is 13.5 Å². The Morgan fingerprint density at radius 3 is 3.06 bits per heavy atom. The average molecular weight is 258 g/mol. The van der Waals surface area contributed by atoms with Crippen molar-refractivity contribution in [3.05, 3.63) is 23.0 Å². The van der Waals surface area contributed by atoms with Crippen molar-refractivity contribution in [1.29, 1.82) is 0 Å². The van der Waals surface area contributed by atoms with Crippen LogP contribution in [0.1, 0.15) is 35.8 Å². The lowest BCUT2D eigenvalue weighted by Crippen LogP contribution is -2.19. The van der Waals surface area contributed by atoms with Crippen molar-refractivity contribution in [3.63, 3.8) is 0 Å².